The van der Waals surface area contributed by atoms with Crippen molar-refractivity contribution in [1.29, 1.82) is 21.0 Å². The molecule has 0 saturated heterocycles. The zero-order valence-electron chi connectivity index (χ0n) is 70.2. The van der Waals surface area contributed by atoms with Gasteiger partial charge in [0.25, 0.3) is 0 Å². The molecule has 7 aromatic heterocycles. The van der Waals surface area contributed by atoms with Gasteiger partial charge in [-0.05, 0) is 169 Å². The molecule has 0 spiro atoms. The maximum Gasteiger partial charge on any atom is 0.573 e. The number of carbonyl (C=O) groups is 1. The number of benzene rings is 8. The van der Waals surface area contributed by atoms with E-state index >= 15 is 0 Å². The van der Waals surface area contributed by atoms with Crippen LogP contribution in [-0.4, -0.2) is 117 Å². The molecule has 0 saturated carbocycles. The summed E-state index contributed by atoms with van der Waals surface area (Å²) in [5.41, 5.74) is 11.0. The van der Waals surface area contributed by atoms with Gasteiger partial charge < -0.3 is 74.6 Å². The summed E-state index contributed by atoms with van der Waals surface area (Å²) in [6.45, 7) is 14.8. The fourth-order valence-electron chi connectivity index (χ4n) is 14.8. The van der Waals surface area contributed by atoms with Gasteiger partial charge in [-0.15, -0.1) is 23.4 Å². The van der Waals surface area contributed by atoms with Crippen LogP contribution < -0.4 is 42.6 Å². The summed E-state index contributed by atoms with van der Waals surface area (Å²) >= 11 is 0. The monoisotopic (exact) mass is 1730 g/mol. The number of hydrogen-bond acceptors (Lipinski definition) is 18. The Labute approximate surface area is 716 Å². The van der Waals surface area contributed by atoms with Crippen LogP contribution in [0.15, 0.2) is 175 Å². The molecule has 126 heavy (non-hydrogen) atoms. The highest BCUT2D eigenvalue weighted by atomic mass is 19.4. The molecule has 0 N–H and O–H groups in total. The molecule has 33 heteroatoms. The zero-order valence-corrected chi connectivity index (χ0v) is 70.2. The van der Waals surface area contributed by atoms with Gasteiger partial charge in [0.2, 0.25) is 18.2 Å². The zero-order chi connectivity index (χ0) is 90.4. The Hall–Kier alpha value is -14.9. The van der Waals surface area contributed by atoms with Gasteiger partial charge in [-0.2, -0.15) is 38.6 Å². The number of ether oxygens (including phenoxy) is 10. The van der Waals surface area contributed by atoms with Crippen LogP contribution in [0.4, 0.5) is 39.5 Å². The first-order valence-electron chi connectivity index (χ1n) is 39.8. The van der Waals surface area contributed by atoms with Gasteiger partial charge in [-0.3, -0.25) is 4.57 Å². The van der Waals surface area contributed by atoms with E-state index in [0.29, 0.717) is 122 Å². The lowest BCUT2D eigenvalue weighted by Gasteiger charge is -2.19. The van der Waals surface area contributed by atoms with E-state index in [9.17, 15) is 54.8 Å². The number of alkyl halides is 9. The number of nitriles is 4. The summed E-state index contributed by atoms with van der Waals surface area (Å²) in [6.07, 6.45) is -0.184. The summed E-state index contributed by atoms with van der Waals surface area (Å²) in [4.78, 5) is 12.5. The normalized spacial score (nSPS) is 11.9. The van der Waals surface area contributed by atoms with Crippen molar-refractivity contribution in [1.82, 2.24) is 37.6 Å². The van der Waals surface area contributed by atoms with Crippen molar-refractivity contribution in [3.8, 4) is 104 Å². The molecule has 17 rings (SSSR count). The first kappa shape index (κ1) is 90.4. The topological polar surface area (TPSA) is 273 Å². The van der Waals surface area contributed by atoms with E-state index in [2.05, 4.69) is 80.9 Å². The molecule has 0 aliphatic carbocycles. The molecule has 24 nitrogen and oxygen atoms in total. The van der Waals surface area contributed by atoms with E-state index < -0.39 is 38.3 Å². The number of hydrogen-bond donors (Lipinski definition) is 0. The van der Waals surface area contributed by atoms with Crippen LogP contribution in [0.5, 0.6) is 51.7 Å². The number of aryl methyl sites for hydroxylation is 4. The molecule has 0 radical (unpaired) electrons. The average Bonchev–Trinajstić information content (AvgIpc) is 1.59. The molecular formula is C93H85F9N12O12. The molecular weight excluding hydrogens is 1650 g/mol. The molecule has 0 fully saturated rings. The SMILES string of the molecule is CC(C)n1cc(C#N)c2cc3c(cc21)OCCO3.CCOC(=O)c1c(C)n(-c2ccc(OC)cc2)c2ccc(OC(F)F)cc12.CCc1nnc(-c2cn(CC)c3cc(OC)ccc23)o1.CCn1c(-c2ccc(OC(F)(F)F)cc2)c(C#N)c2ccc(OC)cc21.CCn1cc(C#N)c2cc3c(cc21)OCCO3.N#Cc1cn(C(F)F)c2cc(CC(F)F)ccc12. The summed E-state index contributed by atoms with van der Waals surface area (Å²) in [6, 6.07) is 49.4. The maximum absolute atomic E-state index is 12.7. The highest BCUT2D eigenvalue weighted by Gasteiger charge is 2.32. The fourth-order valence-corrected chi connectivity index (χ4v) is 14.8. The van der Waals surface area contributed by atoms with E-state index in [1.165, 1.54) is 54.6 Å². The van der Waals surface area contributed by atoms with E-state index in [0.717, 1.165) is 109 Å². The van der Waals surface area contributed by atoms with Crippen LogP contribution >= 0.6 is 0 Å². The molecule has 2 aliphatic heterocycles. The second kappa shape index (κ2) is 40.0. The van der Waals surface area contributed by atoms with Gasteiger partial charge in [-0.1, -0.05) is 19.1 Å². The van der Waals surface area contributed by atoms with Crippen molar-refractivity contribution in [2.75, 3.05) is 54.4 Å². The minimum Gasteiger partial charge on any atom is -0.497 e. The minimum atomic E-state index is -4.74. The summed E-state index contributed by atoms with van der Waals surface area (Å²) in [5, 5.41) is 49.5. The van der Waals surface area contributed by atoms with Gasteiger partial charge in [0.05, 0.1) is 100 Å². The number of methoxy groups -OCH3 is 3. The maximum atomic E-state index is 12.7. The smallest absolute Gasteiger partial charge is 0.497 e. The molecule has 652 valence electrons. The van der Waals surface area contributed by atoms with E-state index in [-0.39, 0.29) is 34.7 Å². The molecule has 0 bridgehead atoms. The van der Waals surface area contributed by atoms with Gasteiger partial charge in [-0.25, -0.2) is 13.6 Å². The summed E-state index contributed by atoms with van der Waals surface area (Å²) in [7, 11) is 4.81. The molecule has 0 unspecified atom stereocenters. The quantitative estimate of drug-likeness (QED) is 0.0537. The lowest BCUT2D eigenvalue weighted by molar-refractivity contribution is -0.274. The van der Waals surface area contributed by atoms with Crippen molar-refractivity contribution in [2.24, 2.45) is 0 Å². The second-order valence-corrected chi connectivity index (χ2v) is 28.3. The Morgan fingerprint density at radius 2 is 1.04 bits per heavy atom. The van der Waals surface area contributed by atoms with Crippen molar-refractivity contribution >= 4 is 71.4 Å². The van der Waals surface area contributed by atoms with Crippen molar-refractivity contribution < 1.29 is 96.1 Å². The summed E-state index contributed by atoms with van der Waals surface area (Å²) in [5.74, 6) is 5.59. The number of esters is 1. The van der Waals surface area contributed by atoms with E-state index in [4.69, 9.17) is 52.8 Å². The largest absolute Gasteiger partial charge is 0.573 e. The first-order valence-corrected chi connectivity index (χ1v) is 39.8. The van der Waals surface area contributed by atoms with Crippen LogP contribution in [0.2, 0.25) is 0 Å². The van der Waals surface area contributed by atoms with Crippen LogP contribution in [0.3, 0.4) is 0 Å². The molecule has 2 aliphatic rings. The van der Waals surface area contributed by atoms with Gasteiger partial charge in [0.15, 0.2) is 23.0 Å². The van der Waals surface area contributed by atoms with Crippen molar-refractivity contribution in [3.63, 3.8) is 0 Å². The number of carbonyl (C=O) groups excluding carboxylic acids is 1. The second-order valence-electron chi connectivity index (χ2n) is 28.3. The fraction of sp³-hybridized carbons (Fsp3) is 0.280. The number of rotatable bonds is 19. The van der Waals surface area contributed by atoms with Crippen LogP contribution in [0, 0.1) is 52.2 Å². The van der Waals surface area contributed by atoms with Crippen molar-refractivity contribution in [3.05, 3.63) is 215 Å². The van der Waals surface area contributed by atoms with E-state index in [1.54, 1.807) is 65.5 Å². The number of fused-ring (bicyclic) bond motifs is 8. The highest BCUT2D eigenvalue weighted by Crippen LogP contribution is 2.42. The van der Waals surface area contributed by atoms with Crippen LogP contribution in [0.1, 0.15) is 111 Å². The van der Waals surface area contributed by atoms with Gasteiger partial charge >= 0.3 is 25.5 Å². The summed E-state index contributed by atoms with van der Waals surface area (Å²) < 4.78 is 180. The van der Waals surface area contributed by atoms with Gasteiger partial charge in [0.1, 0.15) is 79.5 Å². The average molecular weight is 1730 g/mol. The number of aromatic nitrogens is 8. The van der Waals surface area contributed by atoms with Gasteiger partial charge in [0, 0.05) is 131 Å². The molecule has 0 amide bonds. The molecule has 9 heterocycles. The minimum absolute atomic E-state index is 0.0186. The lowest BCUT2D eigenvalue weighted by atomic mass is 10.1. The first-order chi connectivity index (χ1) is 60.6. The van der Waals surface area contributed by atoms with Crippen molar-refractivity contribution in [2.45, 2.75) is 120 Å². The number of halogens is 9. The Kier molecular flexibility index (Phi) is 28.7. The molecule has 8 aromatic carbocycles. The Morgan fingerprint density at radius 3 is 1.58 bits per heavy atom. The third-order valence-corrected chi connectivity index (χ3v) is 20.5. The van der Waals surface area contributed by atoms with Crippen LogP contribution in [0.25, 0.3) is 93.8 Å². The van der Waals surface area contributed by atoms with Crippen LogP contribution in [-0.2, 0) is 37.2 Å². The third-order valence-electron chi connectivity index (χ3n) is 20.5. The predicted octanol–water partition coefficient (Wildman–Crippen LogP) is 22.0. The standard InChI is InChI=1S/C20H19F2NO4.C19H15F3N2O2.C15H17N3O2.C14H14N2O2.C13H12N2O2.C12H8F4N2/c1-4-26-19(24)18-12(2)23(13-5-7-14(25-3)8-6-13)17-10-9-15(11-16(17)18)27-20(21)22;1-3-24-17-10-14(25-2)8-9-15(17)16(11-23)18(24)12-4-6-13(7-5-12)26-19(20,21)22;1-4-14-16-17-15(20-14)12-9-18(5-2)13-8-10(19-3)6-7-11(12)13;1-9(2)16-8-10(7-15)11-5-13-14(6-12(11)16)18-4-3-17-13;1-2-15-8-9(7-14)10-5-12-13(6-11(10)15)17-4-3-16-12;13-11(14)4-7-1-2-9-8(5-17)6-18(12(15)16)10(9)3-7/h5-11,20H,4H2,1-3H3;4-10H,3H2,1-2H3;6-9H,4-5H2,1-3H3;5-6,8-9H,3-4H2,1-2H3;5-6,8H,2-4H2,1H3;1-3,6,11-12H,4H2. The Balaban J connectivity index is 0.000000139. The molecule has 15 aromatic rings. The van der Waals surface area contributed by atoms with E-state index in [1.807, 2.05) is 107 Å². The highest BCUT2D eigenvalue weighted by molar-refractivity contribution is 6.07. The third kappa shape index (κ3) is 19.8. The Morgan fingerprint density at radius 1 is 0.516 bits per heavy atom. The predicted molar refractivity (Wildman–Crippen MR) is 454 cm³/mol. The lowest BCUT2D eigenvalue weighted by Crippen LogP contribution is -2.16. The Bertz CT molecular complexity index is 6610. The number of nitrogens with zero attached hydrogens (tertiary/aromatic N) is 12. The molecule has 0 atom stereocenters.